The Morgan fingerprint density at radius 3 is 2.79 bits per heavy atom. The van der Waals surface area contributed by atoms with Crippen molar-refractivity contribution in [2.24, 2.45) is 0 Å². The summed E-state index contributed by atoms with van der Waals surface area (Å²) in [5.41, 5.74) is 7.37. The highest BCUT2D eigenvalue weighted by Gasteiger charge is 2.32. The molecule has 1 aromatic heterocycles. The van der Waals surface area contributed by atoms with Crippen molar-refractivity contribution in [2.75, 3.05) is 12.8 Å². The highest BCUT2D eigenvalue weighted by Crippen LogP contribution is 2.31. The van der Waals surface area contributed by atoms with Crippen LogP contribution in [0.15, 0.2) is 18.5 Å². The van der Waals surface area contributed by atoms with Crippen LogP contribution in [0.2, 0.25) is 0 Å². The van der Waals surface area contributed by atoms with Crippen molar-refractivity contribution in [3.63, 3.8) is 0 Å². The fourth-order valence-corrected chi connectivity index (χ4v) is 2.98. The molecule has 0 spiro atoms. The summed E-state index contributed by atoms with van der Waals surface area (Å²) in [6, 6.07) is 1.75. The van der Waals surface area contributed by atoms with Gasteiger partial charge >= 0.3 is 0 Å². The molecule has 0 unspecified atom stereocenters. The number of nitrogens with two attached hydrogens (primary N) is 1. The predicted molar refractivity (Wildman–Crippen MR) is 76.9 cm³/mol. The van der Waals surface area contributed by atoms with Crippen molar-refractivity contribution in [3.8, 4) is 0 Å². The van der Waals surface area contributed by atoms with Crippen molar-refractivity contribution in [1.29, 1.82) is 0 Å². The molecule has 0 aliphatic heterocycles. The quantitative estimate of drug-likeness (QED) is 0.851. The largest absolute Gasteiger partial charge is 0.398 e. The fourth-order valence-electron chi connectivity index (χ4n) is 2.98. The minimum Gasteiger partial charge on any atom is -0.398 e. The van der Waals surface area contributed by atoms with E-state index in [-0.39, 0.29) is 11.3 Å². The van der Waals surface area contributed by atoms with E-state index in [9.17, 15) is 4.79 Å². The van der Waals surface area contributed by atoms with Crippen LogP contribution in [0.5, 0.6) is 0 Å². The van der Waals surface area contributed by atoms with E-state index in [1.807, 2.05) is 7.05 Å². The highest BCUT2D eigenvalue weighted by atomic mass is 16.1. The highest BCUT2D eigenvalue weighted by molar-refractivity contribution is 5.83. The number of carbonyl (C=O) groups excluding carboxylic acids is 1. The van der Waals surface area contributed by atoms with E-state index < -0.39 is 0 Å². The number of hydrogen-bond acceptors (Lipinski definition) is 4. The Morgan fingerprint density at radius 1 is 1.42 bits per heavy atom. The summed E-state index contributed by atoms with van der Waals surface area (Å²) >= 11 is 0. The molecule has 1 heterocycles. The van der Waals surface area contributed by atoms with Gasteiger partial charge in [-0.25, -0.2) is 0 Å². The molecule has 1 aliphatic rings. The van der Waals surface area contributed by atoms with Crippen molar-refractivity contribution in [3.05, 3.63) is 24.0 Å². The lowest BCUT2D eigenvalue weighted by Crippen LogP contribution is -2.46. The van der Waals surface area contributed by atoms with Gasteiger partial charge in [0.1, 0.15) is 5.78 Å². The van der Waals surface area contributed by atoms with Crippen molar-refractivity contribution >= 4 is 11.5 Å². The van der Waals surface area contributed by atoms with Crippen LogP contribution in [0.25, 0.3) is 0 Å². The van der Waals surface area contributed by atoms with E-state index in [2.05, 4.69) is 10.3 Å². The molecule has 104 valence electrons. The first-order valence-corrected chi connectivity index (χ1v) is 7.04. The van der Waals surface area contributed by atoms with E-state index in [1.54, 1.807) is 18.5 Å². The van der Waals surface area contributed by atoms with E-state index in [0.29, 0.717) is 18.5 Å². The maximum absolute atomic E-state index is 12.3. The van der Waals surface area contributed by atoms with Gasteiger partial charge < -0.3 is 11.1 Å². The van der Waals surface area contributed by atoms with Gasteiger partial charge in [-0.1, -0.05) is 19.3 Å². The first-order chi connectivity index (χ1) is 9.15. The molecule has 3 N–H and O–H groups in total. The van der Waals surface area contributed by atoms with Crippen LogP contribution in [-0.4, -0.2) is 23.4 Å². The van der Waals surface area contributed by atoms with Gasteiger partial charge in [-0.15, -0.1) is 0 Å². The van der Waals surface area contributed by atoms with Crippen LogP contribution in [0, 0.1) is 0 Å². The second-order valence-corrected chi connectivity index (χ2v) is 5.56. The van der Waals surface area contributed by atoms with Gasteiger partial charge in [0.05, 0.1) is 0 Å². The number of pyridine rings is 1. The van der Waals surface area contributed by atoms with E-state index >= 15 is 0 Å². The first-order valence-electron chi connectivity index (χ1n) is 7.04. The topological polar surface area (TPSA) is 68.0 Å². The van der Waals surface area contributed by atoms with Crippen molar-refractivity contribution in [2.45, 2.75) is 50.5 Å². The zero-order valence-electron chi connectivity index (χ0n) is 11.6. The van der Waals surface area contributed by atoms with Crippen LogP contribution < -0.4 is 11.1 Å². The number of carbonyl (C=O) groups is 1. The Morgan fingerprint density at radius 2 is 2.16 bits per heavy atom. The van der Waals surface area contributed by atoms with Crippen LogP contribution in [0.1, 0.15) is 44.1 Å². The minimum absolute atomic E-state index is 0.00625. The number of rotatable bonds is 5. The number of hydrogen-bond donors (Lipinski definition) is 2. The maximum Gasteiger partial charge on any atom is 0.139 e. The summed E-state index contributed by atoms with van der Waals surface area (Å²) in [7, 11) is 1.97. The molecule has 0 saturated heterocycles. The first kappa shape index (κ1) is 14.0. The predicted octanol–water partition coefficient (Wildman–Crippen LogP) is 2.09. The third-order valence-corrected chi connectivity index (χ3v) is 4.21. The van der Waals surface area contributed by atoms with Gasteiger partial charge in [-0.3, -0.25) is 9.78 Å². The molecule has 2 rings (SSSR count). The summed E-state index contributed by atoms with van der Waals surface area (Å²) in [5.74, 6) is 0.246. The maximum atomic E-state index is 12.3. The van der Waals surface area contributed by atoms with Crippen molar-refractivity contribution in [1.82, 2.24) is 10.3 Å². The van der Waals surface area contributed by atoms with Gasteiger partial charge in [0.25, 0.3) is 0 Å². The zero-order chi connectivity index (χ0) is 13.7. The molecule has 19 heavy (non-hydrogen) atoms. The summed E-state index contributed by atoms with van der Waals surface area (Å²) < 4.78 is 0. The number of aromatic nitrogens is 1. The summed E-state index contributed by atoms with van der Waals surface area (Å²) in [5, 5.41) is 3.38. The van der Waals surface area contributed by atoms with Gasteiger partial charge in [-0.2, -0.15) is 0 Å². The number of Topliss-reactive ketones (excluding diaryl/α,β-unsaturated/α-hetero) is 1. The molecule has 1 aromatic rings. The standard InChI is InChI=1S/C15H23N3O/c1-17-15(6-3-2-4-7-15)10-13(19)9-12-11-18-8-5-14(12)16/h5,8,11,17H,2-4,6-7,9-10H2,1H3,(H2,16,18). The second kappa shape index (κ2) is 6.15. The van der Waals surface area contributed by atoms with Gasteiger partial charge in [0.15, 0.2) is 0 Å². The van der Waals surface area contributed by atoms with E-state index in [0.717, 1.165) is 18.4 Å². The smallest absolute Gasteiger partial charge is 0.139 e. The number of nitrogens with one attached hydrogen (secondary N) is 1. The molecule has 1 fully saturated rings. The average molecular weight is 261 g/mol. The Balaban J connectivity index is 1.98. The second-order valence-electron chi connectivity index (χ2n) is 5.56. The third-order valence-electron chi connectivity index (χ3n) is 4.21. The summed E-state index contributed by atoms with van der Waals surface area (Å²) in [4.78, 5) is 16.3. The number of anilines is 1. The molecule has 1 aliphatic carbocycles. The molecule has 0 atom stereocenters. The molecule has 0 radical (unpaired) electrons. The van der Waals surface area contributed by atoms with E-state index in [1.165, 1.54) is 19.3 Å². The molecule has 0 bridgehead atoms. The Kier molecular flexibility index (Phi) is 4.53. The molecular formula is C15H23N3O. The van der Waals surface area contributed by atoms with Crippen LogP contribution in [0.4, 0.5) is 5.69 Å². The average Bonchev–Trinajstić information content (AvgIpc) is 2.42. The normalized spacial score (nSPS) is 18.2. The van der Waals surface area contributed by atoms with Crippen LogP contribution in [-0.2, 0) is 11.2 Å². The van der Waals surface area contributed by atoms with Crippen LogP contribution in [0.3, 0.4) is 0 Å². The minimum atomic E-state index is 0.00625. The zero-order valence-corrected chi connectivity index (χ0v) is 11.6. The van der Waals surface area contributed by atoms with Gasteiger partial charge in [0.2, 0.25) is 0 Å². The fraction of sp³-hybridized carbons (Fsp3) is 0.600. The lowest BCUT2D eigenvalue weighted by molar-refractivity contribution is -0.120. The number of ketones is 1. The van der Waals surface area contributed by atoms with Gasteiger partial charge in [-0.05, 0) is 26.0 Å². The SMILES string of the molecule is CNC1(CC(=O)Cc2cnccc2N)CCCCC1. The van der Waals surface area contributed by atoms with E-state index in [4.69, 9.17) is 5.73 Å². The third kappa shape index (κ3) is 3.53. The Labute approximate surface area is 114 Å². The molecule has 4 nitrogen and oxygen atoms in total. The van der Waals surface area contributed by atoms with Crippen LogP contribution >= 0.6 is 0 Å². The molecular weight excluding hydrogens is 238 g/mol. The lowest BCUT2D eigenvalue weighted by Gasteiger charge is -2.36. The molecule has 0 amide bonds. The number of nitrogens with zero attached hydrogens (tertiary/aromatic N) is 1. The lowest BCUT2D eigenvalue weighted by atomic mass is 9.78. The van der Waals surface area contributed by atoms with Gasteiger partial charge in [0, 0.05) is 42.0 Å². The monoisotopic (exact) mass is 261 g/mol. The molecule has 1 saturated carbocycles. The molecule has 0 aromatic carbocycles. The molecule has 4 heteroatoms. The Hall–Kier alpha value is -1.42. The van der Waals surface area contributed by atoms with Crippen molar-refractivity contribution < 1.29 is 4.79 Å². The Bertz CT molecular complexity index is 439. The summed E-state index contributed by atoms with van der Waals surface area (Å²) in [6.45, 7) is 0. The number of nitrogen functional groups attached to an aromatic ring is 1. The summed E-state index contributed by atoms with van der Waals surface area (Å²) in [6.07, 6.45) is 10.2.